The van der Waals surface area contributed by atoms with Crippen LogP contribution in [0.4, 0.5) is 0 Å². The zero-order valence-corrected chi connectivity index (χ0v) is 15.2. The van der Waals surface area contributed by atoms with Gasteiger partial charge >= 0.3 is 5.97 Å². The van der Waals surface area contributed by atoms with Crippen molar-refractivity contribution in [1.29, 1.82) is 0 Å². The Morgan fingerprint density at radius 1 is 1.07 bits per heavy atom. The summed E-state index contributed by atoms with van der Waals surface area (Å²) in [4.78, 5) is 23.8. The first kappa shape index (κ1) is 18.6. The molecule has 0 atom stereocenters. The van der Waals surface area contributed by atoms with Gasteiger partial charge in [0.2, 0.25) is 6.79 Å². The molecule has 2 aromatic carbocycles. The normalized spacial score (nSPS) is 11.8. The fraction of sp³-hybridized carbons (Fsp3) is 0.300. The van der Waals surface area contributed by atoms with Crippen LogP contribution < -0.4 is 19.5 Å². The second kappa shape index (κ2) is 8.44. The van der Waals surface area contributed by atoms with Crippen molar-refractivity contribution in [2.75, 3.05) is 26.6 Å². The molecule has 1 N–H and O–H groups in total. The first-order valence-corrected chi connectivity index (χ1v) is 8.56. The molecule has 1 amide bonds. The highest BCUT2D eigenvalue weighted by Crippen LogP contribution is 2.32. The molecular weight excluding hydrogens is 350 g/mol. The van der Waals surface area contributed by atoms with Gasteiger partial charge in [-0.3, -0.25) is 4.79 Å². The lowest BCUT2D eigenvalue weighted by Gasteiger charge is -2.10. The van der Waals surface area contributed by atoms with E-state index >= 15 is 0 Å². The van der Waals surface area contributed by atoms with Crippen LogP contribution in [0, 0.1) is 13.8 Å². The Balaban J connectivity index is 1.37. The number of aryl methyl sites for hydroxylation is 2. The summed E-state index contributed by atoms with van der Waals surface area (Å²) in [7, 11) is 0. The van der Waals surface area contributed by atoms with Crippen LogP contribution in [-0.4, -0.2) is 38.4 Å². The summed E-state index contributed by atoms with van der Waals surface area (Å²) >= 11 is 0. The minimum absolute atomic E-state index is 0.125. The van der Waals surface area contributed by atoms with Crippen LogP contribution in [0.15, 0.2) is 36.4 Å². The quantitative estimate of drug-likeness (QED) is 0.594. The van der Waals surface area contributed by atoms with Gasteiger partial charge in [-0.1, -0.05) is 17.7 Å². The van der Waals surface area contributed by atoms with E-state index in [0.29, 0.717) is 30.2 Å². The van der Waals surface area contributed by atoms with Gasteiger partial charge in [-0.05, 0) is 43.7 Å². The summed E-state index contributed by atoms with van der Waals surface area (Å²) in [5.74, 6) is 0.845. The van der Waals surface area contributed by atoms with Gasteiger partial charge in [0.05, 0.1) is 12.1 Å². The number of carbonyl (C=O) groups is 2. The molecule has 0 spiro atoms. The summed E-state index contributed by atoms with van der Waals surface area (Å²) in [5, 5.41) is 2.65. The van der Waals surface area contributed by atoms with Gasteiger partial charge in [0.15, 0.2) is 18.1 Å². The van der Waals surface area contributed by atoms with Gasteiger partial charge < -0.3 is 24.3 Å². The molecule has 0 aromatic heterocycles. The third-order valence-corrected chi connectivity index (χ3v) is 3.95. The molecule has 0 fully saturated rings. The maximum atomic E-state index is 12.0. The van der Waals surface area contributed by atoms with Gasteiger partial charge in [0, 0.05) is 0 Å². The average molecular weight is 371 g/mol. The Morgan fingerprint density at radius 2 is 1.89 bits per heavy atom. The Morgan fingerprint density at radius 3 is 2.70 bits per heavy atom. The predicted octanol–water partition coefficient (Wildman–Crippen LogP) is 2.38. The summed E-state index contributed by atoms with van der Waals surface area (Å²) in [6.07, 6.45) is 0. The molecule has 0 saturated carbocycles. The van der Waals surface area contributed by atoms with Gasteiger partial charge in [-0.2, -0.15) is 0 Å². The van der Waals surface area contributed by atoms with Crippen molar-refractivity contribution >= 4 is 11.9 Å². The van der Waals surface area contributed by atoms with Crippen molar-refractivity contribution in [3.63, 3.8) is 0 Å². The van der Waals surface area contributed by atoms with Crippen molar-refractivity contribution < 1.29 is 28.5 Å². The van der Waals surface area contributed by atoms with E-state index < -0.39 is 11.9 Å². The van der Waals surface area contributed by atoms with Crippen molar-refractivity contribution in [1.82, 2.24) is 5.32 Å². The Hall–Kier alpha value is -3.22. The second-order valence-electron chi connectivity index (χ2n) is 6.11. The molecule has 7 heteroatoms. The fourth-order valence-electron chi connectivity index (χ4n) is 2.60. The molecule has 0 bridgehead atoms. The van der Waals surface area contributed by atoms with Crippen LogP contribution in [0.1, 0.15) is 21.5 Å². The monoisotopic (exact) mass is 371 g/mol. The topological polar surface area (TPSA) is 83.1 Å². The van der Waals surface area contributed by atoms with Gasteiger partial charge in [-0.15, -0.1) is 0 Å². The number of rotatable bonds is 7. The fourth-order valence-corrected chi connectivity index (χ4v) is 2.60. The van der Waals surface area contributed by atoms with Crippen molar-refractivity contribution in [3.8, 4) is 17.2 Å². The van der Waals surface area contributed by atoms with E-state index in [1.54, 1.807) is 12.1 Å². The number of carbonyl (C=O) groups excluding carboxylic acids is 2. The predicted molar refractivity (Wildman–Crippen MR) is 97.3 cm³/mol. The van der Waals surface area contributed by atoms with E-state index in [1.165, 1.54) is 6.07 Å². The van der Waals surface area contributed by atoms with Crippen LogP contribution in [-0.2, 0) is 9.53 Å². The highest BCUT2D eigenvalue weighted by molar-refractivity contribution is 5.92. The molecule has 27 heavy (non-hydrogen) atoms. The van der Waals surface area contributed by atoms with E-state index in [0.717, 1.165) is 16.9 Å². The van der Waals surface area contributed by atoms with Gasteiger partial charge in [-0.25, -0.2) is 4.79 Å². The smallest absolute Gasteiger partial charge is 0.338 e. The Bertz CT molecular complexity index is 848. The number of benzene rings is 2. The second-order valence-corrected chi connectivity index (χ2v) is 6.11. The van der Waals surface area contributed by atoms with Crippen molar-refractivity contribution in [3.05, 3.63) is 53.1 Å². The SMILES string of the molecule is Cc1ccc(OCCNC(=O)COC(=O)c2ccc3c(c2)OCO3)c(C)c1. The lowest BCUT2D eigenvalue weighted by atomic mass is 10.1. The molecule has 0 saturated heterocycles. The first-order chi connectivity index (χ1) is 13.0. The summed E-state index contributed by atoms with van der Waals surface area (Å²) in [5.41, 5.74) is 2.50. The third-order valence-electron chi connectivity index (χ3n) is 3.95. The molecule has 142 valence electrons. The number of ether oxygens (including phenoxy) is 4. The van der Waals surface area contributed by atoms with Crippen molar-refractivity contribution in [2.45, 2.75) is 13.8 Å². The first-order valence-electron chi connectivity index (χ1n) is 8.56. The summed E-state index contributed by atoms with van der Waals surface area (Å²) in [6.45, 7) is 4.38. The minimum atomic E-state index is -0.602. The van der Waals surface area contributed by atoms with Crippen LogP contribution in [0.3, 0.4) is 0 Å². The summed E-state index contributed by atoms with van der Waals surface area (Å²) in [6, 6.07) is 10.6. The van der Waals surface area contributed by atoms with Crippen LogP contribution >= 0.6 is 0 Å². The maximum Gasteiger partial charge on any atom is 0.338 e. The van der Waals surface area contributed by atoms with E-state index in [9.17, 15) is 9.59 Å². The minimum Gasteiger partial charge on any atom is -0.491 e. The molecule has 7 nitrogen and oxygen atoms in total. The molecule has 0 unspecified atom stereocenters. The third kappa shape index (κ3) is 4.91. The number of amides is 1. The lowest BCUT2D eigenvalue weighted by molar-refractivity contribution is -0.124. The Kier molecular flexibility index (Phi) is 5.80. The number of hydrogen-bond donors (Lipinski definition) is 1. The van der Waals surface area contributed by atoms with E-state index in [2.05, 4.69) is 5.32 Å². The average Bonchev–Trinajstić information content (AvgIpc) is 3.12. The number of fused-ring (bicyclic) bond motifs is 1. The van der Waals surface area contributed by atoms with E-state index in [1.807, 2.05) is 32.0 Å². The Labute approximate surface area is 157 Å². The zero-order chi connectivity index (χ0) is 19.2. The maximum absolute atomic E-state index is 12.0. The van der Waals surface area contributed by atoms with Crippen LogP contribution in [0.5, 0.6) is 17.2 Å². The van der Waals surface area contributed by atoms with E-state index in [4.69, 9.17) is 18.9 Å². The molecule has 3 rings (SSSR count). The van der Waals surface area contributed by atoms with E-state index in [-0.39, 0.29) is 13.4 Å². The largest absolute Gasteiger partial charge is 0.491 e. The molecule has 2 aromatic rings. The number of hydrogen-bond acceptors (Lipinski definition) is 6. The van der Waals surface area contributed by atoms with Gasteiger partial charge in [0.1, 0.15) is 12.4 Å². The molecule has 0 aliphatic carbocycles. The zero-order valence-electron chi connectivity index (χ0n) is 15.2. The highest BCUT2D eigenvalue weighted by Gasteiger charge is 2.17. The van der Waals surface area contributed by atoms with Crippen molar-refractivity contribution in [2.24, 2.45) is 0 Å². The number of nitrogens with one attached hydrogen (secondary N) is 1. The van der Waals surface area contributed by atoms with Gasteiger partial charge in [0.25, 0.3) is 5.91 Å². The standard InChI is InChI=1S/C20H21NO6/c1-13-3-5-16(14(2)9-13)24-8-7-21-19(22)11-25-20(23)15-4-6-17-18(10-15)27-12-26-17/h3-6,9-10H,7-8,11-12H2,1-2H3,(H,21,22). The van der Waals surface area contributed by atoms with Crippen LogP contribution in [0.2, 0.25) is 0 Å². The lowest BCUT2D eigenvalue weighted by Crippen LogP contribution is -2.32. The highest BCUT2D eigenvalue weighted by atomic mass is 16.7. The molecule has 1 aliphatic rings. The number of esters is 1. The molecule has 0 radical (unpaired) electrons. The molecule has 1 heterocycles. The molecular formula is C20H21NO6. The summed E-state index contributed by atoms with van der Waals surface area (Å²) < 4.78 is 21.0. The molecule has 1 aliphatic heterocycles. The van der Waals surface area contributed by atoms with Crippen LogP contribution in [0.25, 0.3) is 0 Å².